The first-order valence-electron chi connectivity index (χ1n) is 9.07. The van der Waals surface area contributed by atoms with Gasteiger partial charge in [-0.1, -0.05) is 18.2 Å². The minimum absolute atomic E-state index is 0.0629. The Morgan fingerprint density at radius 2 is 1.79 bits per heavy atom. The normalized spacial score (nSPS) is 15.9. The van der Waals surface area contributed by atoms with Crippen molar-refractivity contribution in [2.45, 2.75) is 24.3 Å². The fraction of sp³-hybridized carbons (Fsp3) is 0.350. The van der Waals surface area contributed by atoms with Crippen LogP contribution in [0.25, 0.3) is 0 Å². The molecule has 1 aliphatic heterocycles. The van der Waals surface area contributed by atoms with E-state index in [1.165, 1.54) is 16.4 Å². The number of amides is 1. The molecule has 1 saturated heterocycles. The van der Waals surface area contributed by atoms with Crippen molar-refractivity contribution in [2.24, 2.45) is 5.92 Å². The second-order valence-electron chi connectivity index (χ2n) is 6.66. The van der Waals surface area contributed by atoms with E-state index in [4.69, 9.17) is 4.74 Å². The van der Waals surface area contributed by atoms with Crippen molar-refractivity contribution in [3.05, 3.63) is 59.9 Å². The molecule has 1 aliphatic rings. The summed E-state index contributed by atoms with van der Waals surface area (Å²) in [4.78, 5) is 12.5. The molecule has 0 bridgehead atoms. The number of piperidine rings is 1. The molecule has 2 aromatic carbocycles. The molecule has 0 unspecified atom stereocenters. The van der Waals surface area contributed by atoms with Crippen molar-refractivity contribution in [3.63, 3.8) is 0 Å². The van der Waals surface area contributed by atoms with Crippen molar-refractivity contribution < 1.29 is 22.3 Å². The zero-order chi connectivity index (χ0) is 20.1. The lowest BCUT2D eigenvalue weighted by atomic mass is 9.97. The summed E-state index contributed by atoms with van der Waals surface area (Å²) in [5, 5.41) is 2.91. The number of hydrogen-bond donors (Lipinski definition) is 1. The maximum atomic E-state index is 13.0. The molecule has 3 rings (SSSR count). The molecule has 0 spiro atoms. The van der Waals surface area contributed by atoms with Crippen LogP contribution in [0.4, 0.5) is 4.39 Å². The van der Waals surface area contributed by atoms with Gasteiger partial charge in [0.25, 0.3) is 0 Å². The molecule has 0 aromatic heterocycles. The van der Waals surface area contributed by atoms with E-state index in [2.05, 4.69) is 5.32 Å². The molecule has 1 heterocycles. The van der Waals surface area contributed by atoms with E-state index in [-0.39, 0.29) is 29.8 Å². The quantitative estimate of drug-likeness (QED) is 0.800. The van der Waals surface area contributed by atoms with E-state index < -0.39 is 15.8 Å². The molecular weight excluding hydrogens is 383 g/mol. The summed E-state index contributed by atoms with van der Waals surface area (Å²) in [5.74, 6) is -0.105. The summed E-state index contributed by atoms with van der Waals surface area (Å²) in [7, 11) is -2.09. The second kappa shape index (κ2) is 8.70. The summed E-state index contributed by atoms with van der Waals surface area (Å²) in [6.45, 7) is 0.871. The van der Waals surface area contributed by atoms with Gasteiger partial charge >= 0.3 is 0 Å². The summed E-state index contributed by atoms with van der Waals surface area (Å²) in [5.41, 5.74) is 0.884. The van der Waals surface area contributed by atoms with Crippen molar-refractivity contribution in [1.82, 2.24) is 9.62 Å². The summed E-state index contributed by atoms with van der Waals surface area (Å²) < 4.78 is 45.0. The minimum Gasteiger partial charge on any atom is -0.496 e. The number of hydrogen-bond acceptors (Lipinski definition) is 4. The first kappa shape index (κ1) is 20.3. The van der Waals surface area contributed by atoms with Crippen LogP contribution in [0.15, 0.2) is 53.4 Å². The highest BCUT2D eigenvalue weighted by atomic mass is 32.2. The smallest absolute Gasteiger partial charge is 0.243 e. The molecule has 1 N–H and O–H groups in total. The lowest BCUT2D eigenvalue weighted by Gasteiger charge is -2.30. The number of nitrogens with zero attached hydrogens (tertiary/aromatic N) is 1. The Kier molecular flexibility index (Phi) is 6.31. The maximum absolute atomic E-state index is 13.0. The van der Waals surface area contributed by atoms with Gasteiger partial charge in [-0.25, -0.2) is 12.8 Å². The first-order valence-corrected chi connectivity index (χ1v) is 10.5. The molecule has 0 aliphatic carbocycles. The Balaban J connectivity index is 1.56. The number of halogens is 1. The molecule has 2 aromatic rings. The van der Waals surface area contributed by atoms with Crippen LogP contribution in [-0.2, 0) is 21.4 Å². The monoisotopic (exact) mass is 406 g/mol. The number of carbonyl (C=O) groups excluding carboxylic acids is 1. The number of sulfonamides is 1. The summed E-state index contributed by atoms with van der Waals surface area (Å²) in [6.07, 6.45) is 0.885. The molecular formula is C20H23FN2O4S. The topological polar surface area (TPSA) is 75.7 Å². The largest absolute Gasteiger partial charge is 0.496 e. The van der Waals surface area contributed by atoms with Crippen molar-refractivity contribution in [1.29, 1.82) is 0 Å². The van der Waals surface area contributed by atoms with Gasteiger partial charge < -0.3 is 10.1 Å². The van der Waals surface area contributed by atoms with Crippen LogP contribution in [0.3, 0.4) is 0 Å². The molecule has 8 heteroatoms. The van der Waals surface area contributed by atoms with Crippen molar-refractivity contribution in [2.75, 3.05) is 20.2 Å². The Labute approximate surface area is 164 Å². The predicted octanol–water partition coefficient (Wildman–Crippen LogP) is 2.55. The molecule has 6 nitrogen and oxygen atoms in total. The van der Waals surface area contributed by atoms with Gasteiger partial charge in [0.1, 0.15) is 11.6 Å². The highest BCUT2D eigenvalue weighted by Crippen LogP contribution is 2.24. The van der Waals surface area contributed by atoms with Crippen LogP contribution in [0, 0.1) is 11.7 Å². The van der Waals surface area contributed by atoms with Crippen LogP contribution in [0.2, 0.25) is 0 Å². The van der Waals surface area contributed by atoms with Gasteiger partial charge in [0.2, 0.25) is 15.9 Å². The molecule has 1 amide bonds. The van der Waals surface area contributed by atoms with E-state index >= 15 is 0 Å². The van der Waals surface area contributed by atoms with E-state index in [0.29, 0.717) is 25.1 Å². The first-order chi connectivity index (χ1) is 13.4. The van der Waals surface area contributed by atoms with Crippen molar-refractivity contribution in [3.8, 4) is 5.75 Å². The van der Waals surface area contributed by atoms with Crippen LogP contribution in [0.1, 0.15) is 18.4 Å². The molecule has 0 radical (unpaired) electrons. The van der Waals surface area contributed by atoms with E-state index in [1.54, 1.807) is 7.11 Å². The van der Waals surface area contributed by atoms with E-state index in [0.717, 1.165) is 17.7 Å². The average Bonchev–Trinajstić information content (AvgIpc) is 2.72. The van der Waals surface area contributed by atoms with Gasteiger partial charge in [0.05, 0.1) is 12.0 Å². The van der Waals surface area contributed by atoms with E-state index in [1.807, 2.05) is 24.3 Å². The summed E-state index contributed by atoms with van der Waals surface area (Å²) >= 11 is 0. The highest BCUT2D eigenvalue weighted by molar-refractivity contribution is 7.89. The van der Waals surface area contributed by atoms with Gasteiger partial charge in [-0.05, 0) is 43.2 Å². The molecule has 28 heavy (non-hydrogen) atoms. The number of carbonyl (C=O) groups is 1. The Morgan fingerprint density at radius 1 is 1.14 bits per heavy atom. The number of benzene rings is 2. The zero-order valence-corrected chi connectivity index (χ0v) is 16.4. The van der Waals surface area contributed by atoms with Crippen LogP contribution >= 0.6 is 0 Å². The van der Waals surface area contributed by atoms with Crippen LogP contribution in [-0.4, -0.2) is 38.8 Å². The van der Waals surface area contributed by atoms with Gasteiger partial charge in [-0.15, -0.1) is 0 Å². The third kappa shape index (κ3) is 4.51. The fourth-order valence-corrected chi connectivity index (χ4v) is 4.76. The van der Waals surface area contributed by atoms with Gasteiger partial charge in [-0.2, -0.15) is 4.31 Å². The summed E-state index contributed by atoms with van der Waals surface area (Å²) in [6, 6.07) is 12.2. The molecule has 0 atom stereocenters. The Hall–Kier alpha value is -2.45. The number of rotatable bonds is 6. The Morgan fingerprint density at radius 3 is 2.43 bits per heavy atom. The second-order valence-corrected chi connectivity index (χ2v) is 8.60. The Bertz CT molecular complexity index is 923. The highest BCUT2D eigenvalue weighted by Gasteiger charge is 2.32. The van der Waals surface area contributed by atoms with Gasteiger partial charge in [0.15, 0.2) is 0 Å². The number of methoxy groups -OCH3 is 1. The lowest BCUT2D eigenvalue weighted by molar-refractivity contribution is -0.126. The standard InChI is InChI=1S/C20H23FN2O4S/c1-27-19-5-3-2-4-16(19)14-22-20(24)15-10-12-23(13-11-15)28(25,26)18-8-6-17(21)7-9-18/h2-9,15H,10-14H2,1H3,(H,22,24). The lowest BCUT2D eigenvalue weighted by Crippen LogP contribution is -2.42. The zero-order valence-electron chi connectivity index (χ0n) is 15.6. The fourth-order valence-electron chi connectivity index (χ4n) is 3.29. The molecule has 1 fully saturated rings. The molecule has 0 saturated carbocycles. The SMILES string of the molecule is COc1ccccc1CNC(=O)C1CCN(S(=O)(=O)c2ccc(F)cc2)CC1. The minimum atomic E-state index is -3.67. The van der Waals surface area contributed by atoms with Crippen LogP contribution < -0.4 is 10.1 Å². The third-order valence-corrected chi connectivity index (χ3v) is 6.83. The van der Waals surface area contributed by atoms with Gasteiger partial charge in [-0.3, -0.25) is 4.79 Å². The molecule has 150 valence electrons. The maximum Gasteiger partial charge on any atom is 0.243 e. The van der Waals surface area contributed by atoms with E-state index in [9.17, 15) is 17.6 Å². The van der Waals surface area contributed by atoms with Gasteiger partial charge in [0, 0.05) is 31.1 Å². The van der Waals surface area contributed by atoms with Crippen molar-refractivity contribution >= 4 is 15.9 Å². The number of para-hydroxylation sites is 1. The number of nitrogens with one attached hydrogen (secondary N) is 1. The van der Waals surface area contributed by atoms with Crippen LogP contribution in [0.5, 0.6) is 5.75 Å². The average molecular weight is 406 g/mol. The number of ether oxygens (including phenoxy) is 1. The third-order valence-electron chi connectivity index (χ3n) is 4.92. The predicted molar refractivity (Wildman–Crippen MR) is 103 cm³/mol.